The summed E-state index contributed by atoms with van der Waals surface area (Å²) in [6, 6.07) is 11.8. The number of rotatable bonds is 6. The predicted octanol–water partition coefficient (Wildman–Crippen LogP) is 4.35. The van der Waals surface area contributed by atoms with Gasteiger partial charge in [-0.1, -0.05) is 41.1 Å². The average Bonchev–Trinajstić information content (AvgIpc) is 2.61. The Hall–Kier alpha value is -2.47. The average molecular weight is 406 g/mol. The van der Waals surface area contributed by atoms with Crippen molar-refractivity contribution in [2.45, 2.75) is 13.3 Å². The van der Waals surface area contributed by atoms with Crippen LogP contribution in [0.1, 0.15) is 18.1 Å². The molecule has 2 aromatic rings. The van der Waals surface area contributed by atoms with Gasteiger partial charge in [-0.3, -0.25) is 4.79 Å². The maximum absolute atomic E-state index is 13.6. The van der Waals surface area contributed by atoms with Gasteiger partial charge in [0.05, 0.1) is 0 Å². The van der Waals surface area contributed by atoms with Crippen molar-refractivity contribution in [1.29, 1.82) is 0 Å². The number of carbonyl (C=O) groups is 2. The first-order valence-corrected chi connectivity index (χ1v) is 8.46. The summed E-state index contributed by atoms with van der Waals surface area (Å²) in [6.07, 6.45) is 3.15. The number of para-hydroxylation sites is 1. The second kappa shape index (κ2) is 9.13. The van der Waals surface area contributed by atoms with Gasteiger partial charge >= 0.3 is 5.97 Å². The first kappa shape index (κ1) is 18.9. The lowest BCUT2D eigenvalue weighted by Crippen LogP contribution is -2.20. The van der Waals surface area contributed by atoms with Crippen molar-refractivity contribution in [2.24, 2.45) is 0 Å². The van der Waals surface area contributed by atoms with E-state index in [0.717, 1.165) is 18.1 Å². The van der Waals surface area contributed by atoms with Crippen LogP contribution in [0, 0.1) is 5.82 Å². The van der Waals surface area contributed by atoms with Crippen LogP contribution in [0.2, 0.25) is 0 Å². The SMILES string of the molecule is CCc1ccccc1NC(=O)COC(=O)/C=C/c1cc(Br)ccc1F. The van der Waals surface area contributed by atoms with Crippen molar-refractivity contribution in [3.8, 4) is 0 Å². The lowest BCUT2D eigenvalue weighted by Gasteiger charge is -2.09. The summed E-state index contributed by atoms with van der Waals surface area (Å²) in [5.74, 6) is -1.62. The molecule has 0 aliphatic carbocycles. The van der Waals surface area contributed by atoms with E-state index in [9.17, 15) is 14.0 Å². The minimum absolute atomic E-state index is 0.243. The molecule has 0 heterocycles. The molecule has 0 saturated carbocycles. The van der Waals surface area contributed by atoms with Gasteiger partial charge in [0.15, 0.2) is 6.61 Å². The molecule has 130 valence electrons. The van der Waals surface area contributed by atoms with Crippen LogP contribution in [-0.2, 0) is 20.7 Å². The molecule has 0 radical (unpaired) electrons. The molecule has 0 spiro atoms. The summed E-state index contributed by atoms with van der Waals surface area (Å²) in [7, 11) is 0. The van der Waals surface area contributed by atoms with Crippen LogP contribution < -0.4 is 5.32 Å². The molecule has 1 amide bonds. The summed E-state index contributed by atoms with van der Waals surface area (Å²) in [5.41, 5.74) is 1.93. The quantitative estimate of drug-likeness (QED) is 0.574. The van der Waals surface area contributed by atoms with Crippen LogP contribution in [0.4, 0.5) is 10.1 Å². The van der Waals surface area contributed by atoms with Crippen molar-refractivity contribution >= 4 is 39.6 Å². The highest BCUT2D eigenvalue weighted by atomic mass is 79.9. The maximum atomic E-state index is 13.6. The Kier molecular flexibility index (Phi) is 6.89. The van der Waals surface area contributed by atoms with Gasteiger partial charge in [-0.15, -0.1) is 0 Å². The van der Waals surface area contributed by atoms with Gasteiger partial charge in [-0.05, 0) is 42.3 Å². The first-order chi connectivity index (χ1) is 12.0. The molecule has 0 aliphatic rings. The largest absolute Gasteiger partial charge is 0.452 e. The molecule has 2 aromatic carbocycles. The number of halogens is 2. The number of aryl methyl sites for hydroxylation is 1. The molecule has 25 heavy (non-hydrogen) atoms. The molecule has 0 aliphatic heterocycles. The normalized spacial score (nSPS) is 10.7. The summed E-state index contributed by atoms with van der Waals surface area (Å²) >= 11 is 3.23. The van der Waals surface area contributed by atoms with Crippen molar-refractivity contribution in [2.75, 3.05) is 11.9 Å². The van der Waals surface area contributed by atoms with Crippen molar-refractivity contribution in [3.05, 3.63) is 70.0 Å². The van der Waals surface area contributed by atoms with Gasteiger partial charge < -0.3 is 10.1 Å². The molecule has 0 fully saturated rings. The fraction of sp³-hybridized carbons (Fsp3) is 0.158. The van der Waals surface area contributed by atoms with Crippen LogP contribution in [0.15, 0.2) is 53.0 Å². The lowest BCUT2D eigenvalue weighted by molar-refractivity contribution is -0.142. The highest BCUT2D eigenvalue weighted by Crippen LogP contribution is 2.17. The lowest BCUT2D eigenvalue weighted by atomic mass is 10.1. The third kappa shape index (κ3) is 5.83. The second-order valence-corrected chi connectivity index (χ2v) is 6.08. The Morgan fingerprint density at radius 1 is 1.24 bits per heavy atom. The van der Waals surface area contributed by atoms with E-state index in [1.54, 1.807) is 12.1 Å². The smallest absolute Gasteiger partial charge is 0.331 e. The first-order valence-electron chi connectivity index (χ1n) is 7.67. The second-order valence-electron chi connectivity index (χ2n) is 5.17. The number of amides is 1. The van der Waals surface area contributed by atoms with Gasteiger partial charge in [-0.25, -0.2) is 9.18 Å². The van der Waals surface area contributed by atoms with E-state index in [0.29, 0.717) is 10.2 Å². The van der Waals surface area contributed by atoms with Gasteiger partial charge in [0, 0.05) is 21.8 Å². The van der Waals surface area contributed by atoms with Crippen molar-refractivity contribution in [3.63, 3.8) is 0 Å². The molecule has 0 aromatic heterocycles. The highest BCUT2D eigenvalue weighted by Gasteiger charge is 2.08. The Balaban J connectivity index is 1.88. The number of nitrogens with one attached hydrogen (secondary N) is 1. The number of hydrogen-bond donors (Lipinski definition) is 1. The van der Waals surface area contributed by atoms with E-state index < -0.39 is 24.3 Å². The molecule has 0 saturated heterocycles. The van der Waals surface area contributed by atoms with E-state index >= 15 is 0 Å². The monoisotopic (exact) mass is 405 g/mol. The zero-order valence-electron chi connectivity index (χ0n) is 13.6. The molecule has 6 heteroatoms. The standard InChI is InChI=1S/C19H17BrFNO3/c1-2-13-5-3-4-6-17(13)22-18(23)12-25-19(24)10-7-14-11-15(20)8-9-16(14)21/h3-11H,2,12H2,1H3,(H,22,23)/b10-7+. The van der Waals surface area contributed by atoms with Gasteiger partial charge in [0.2, 0.25) is 0 Å². The zero-order valence-corrected chi connectivity index (χ0v) is 15.2. The number of ether oxygens (including phenoxy) is 1. The number of esters is 1. The Labute approximate surface area is 153 Å². The third-order valence-electron chi connectivity index (χ3n) is 3.37. The van der Waals surface area contributed by atoms with Crippen LogP contribution in [0.3, 0.4) is 0 Å². The predicted molar refractivity (Wildman–Crippen MR) is 98.5 cm³/mol. The maximum Gasteiger partial charge on any atom is 0.331 e. The highest BCUT2D eigenvalue weighted by molar-refractivity contribution is 9.10. The van der Waals surface area contributed by atoms with Gasteiger partial charge in [-0.2, -0.15) is 0 Å². The number of anilines is 1. The number of carbonyl (C=O) groups excluding carboxylic acids is 2. The topological polar surface area (TPSA) is 55.4 Å². The van der Waals surface area contributed by atoms with E-state index in [4.69, 9.17) is 4.74 Å². The zero-order chi connectivity index (χ0) is 18.2. The summed E-state index contributed by atoms with van der Waals surface area (Å²) in [5, 5.41) is 2.70. The molecule has 0 atom stereocenters. The molecule has 4 nitrogen and oxygen atoms in total. The number of hydrogen-bond acceptors (Lipinski definition) is 3. The summed E-state index contributed by atoms with van der Waals surface area (Å²) in [6.45, 7) is 1.57. The molecule has 2 rings (SSSR count). The van der Waals surface area contributed by atoms with Crippen LogP contribution >= 0.6 is 15.9 Å². The fourth-order valence-corrected chi connectivity index (χ4v) is 2.50. The van der Waals surface area contributed by atoms with Gasteiger partial charge in [0.1, 0.15) is 5.82 Å². The minimum atomic E-state index is -0.724. The van der Waals surface area contributed by atoms with E-state index in [-0.39, 0.29) is 5.56 Å². The summed E-state index contributed by atoms with van der Waals surface area (Å²) < 4.78 is 19.1. The molecule has 0 bridgehead atoms. The van der Waals surface area contributed by atoms with Crippen molar-refractivity contribution in [1.82, 2.24) is 0 Å². The van der Waals surface area contributed by atoms with E-state index in [2.05, 4.69) is 21.2 Å². The van der Waals surface area contributed by atoms with E-state index in [1.807, 2.05) is 25.1 Å². The Morgan fingerprint density at radius 3 is 2.76 bits per heavy atom. The van der Waals surface area contributed by atoms with Crippen LogP contribution in [0.5, 0.6) is 0 Å². The minimum Gasteiger partial charge on any atom is -0.452 e. The Bertz CT molecular complexity index is 805. The fourth-order valence-electron chi connectivity index (χ4n) is 2.12. The summed E-state index contributed by atoms with van der Waals surface area (Å²) in [4.78, 5) is 23.5. The number of benzene rings is 2. The van der Waals surface area contributed by atoms with E-state index in [1.165, 1.54) is 18.2 Å². The van der Waals surface area contributed by atoms with Crippen LogP contribution in [0.25, 0.3) is 6.08 Å². The molecular formula is C19H17BrFNO3. The third-order valence-corrected chi connectivity index (χ3v) is 3.87. The van der Waals surface area contributed by atoms with Gasteiger partial charge in [0.25, 0.3) is 5.91 Å². The molecular weight excluding hydrogens is 389 g/mol. The molecule has 1 N–H and O–H groups in total. The van der Waals surface area contributed by atoms with Crippen LogP contribution in [-0.4, -0.2) is 18.5 Å². The Morgan fingerprint density at radius 2 is 2.00 bits per heavy atom. The molecule has 0 unspecified atom stereocenters. The van der Waals surface area contributed by atoms with Crippen molar-refractivity contribution < 1.29 is 18.7 Å².